The molecular weight excluding hydrogens is 210 g/mol. The largest absolute Gasteiger partial charge is 0.444 e. The van der Waals surface area contributed by atoms with Crippen molar-refractivity contribution in [3.63, 3.8) is 0 Å². The van der Waals surface area contributed by atoms with E-state index in [9.17, 15) is 9.59 Å². The standard InChI is InChI=1S/C10H19N3O3/c1-6(2)13-5-8(16-10(15)12-11)4-9(13)7(3)14/h6,8-9H,4-5,11H2,1-3H3,(H,12,15). The summed E-state index contributed by atoms with van der Waals surface area (Å²) in [6.45, 7) is 6.17. The normalized spacial score (nSPS) is 25.8. The van der Waals surface area contributed by atoms with Crippen LogP contribution in [0, 0.1) is 0 Å². The zero-order valence-corrected chi connectivity index (χ0v) is 9.90. The van der Waals surface area contributed by atoms with Gasteiger partial charge in [-0.3, -0.25) is 15.1 Å². The van der Waals surface area contributed by atoms with Crippen molar-refractivity contribution in [2.75, 3.05) is 6.54 Å². The van der Waals surface area contributed by atoms with Crippen LogP contribution in [0.3, 0.4) is 0 Å². The number of carbonyl (C=O) groups excluding carboxylic acids is 2. The highest BCUT2D eigenvalue weighted by Crippen LogP contribution is 2.23. The number of ether oxygens (including phenoxy) is 1. The van der Waals surface area contributed by atoms with Crippen LogP contribution in [-0.4, -0.2) is 41.5 Å². The molecule has 1 amide bonds. The average molecular weight is 229 g/mol. The summed E-state index contributed by atoms with van der Waals surface area (Å²) in [5.41, 5.74) is 1.92. The Bertz CT molecular complexity index is 280. The second-order valence-electron chi connectivity index (χ2n) is 4.32. The molecule has 6 nitrogen and oxygen atoms in total. The number of amides is 1. The van der Waals surface area contributed by atoms with Crippen molar-refractivity contribution in [3.8, 4) is 0 Å². The van der Waals surface area contributed by atoms with E-state index in [1.807, 2.05) is 24.2 Å². The minimum atomic E-state index is -0.655. The number of Topliss-reactive ketones (excluding diaryl/α,β-unsaturated/α-hetero) is 1. The van der Waals surface area contributed by atoms with Gasteiger partial charge >= 0.3 is 6.09 Å². The van der Waals surface area contributed by atoms with E-state index in [1.165, 1.54) is 0 Å². The number of rotatable bonds is 3. The first-order chi connectivity index (χ1) is 7.45. The van der Waals surface area contributed by atoms with Crippen molar-refractivity contribution in [2.24, 2.45) is 5.84 Å². The number of hydrogen-bond acceptors (Lipinski definition) is 5. The Morgan fingerprint density at radius 1 is 1.50 bits per heavy atom. The molecule has 2 atom stereocenters. The Labute approximate surface area is 95.1 Å². The minimum Gasteiger partial charge on any atom is -0.444 e. The number of hydrazine groups is 1. The lowest BCUT2D eigenvalue weighted by atomic mass is 10.1. The summed E-state index contributed by atoms with van der Waals surface area (Å²) in [5.74, 6) is 5.04. The molecule has 0 bridgehead atoms. The third-order valence-electron chi connectivity index (χ3n) is 2.83. The first-order valence-corrected chi connectivity index (χ1v) is 5.39. The molecule has 0 aromatic rings. The van der Waals surface area contributed by atoms with E-state index in [0.717, 1.165) is 0 Å². The number of nitrogens with two attached hydrogens (primary N) is 1. The summed E-state index contributed by atoms with van der Waals surface area (Å²) in [6, 6.07) is 0.0963. The van der Waals surface area contributed by atoms with Gasteiger partial charge in [-0.05, 0) is 20.8 Å². The van der Waals surface area contributed by atoms with Crippen LogP contribution in [0.15, 0.2) is 0 Å². The van der Waals surface area contributed by atoms with Crippen molar-refractivity contribution in [3.05, 3.63) is 0 Å². The molecule has 0 radical (unpaired) electrons. The molecule has 0 saturated carbocycles. The predicted molar refractivity (Wildman–Crippen MR) is 58.5 cm³/mol. The molecule has 0 aromatic carbocycles. The summed E-state index contributed by atoms with van der Waals surface area (Å²) in [6.07, 6.45) is -0.376. The quantitative estimate of drug-likeness (QED) is 0.405. The highest BCUT2D eigenvalue weighted by molar-refractivity contribution is 5.82. The predicted octanol–water partition coefficient (Wildman–Crippen LogP) is 0.0266. The third kappa shape index (κ3) is 2.93. The number of likely N-dealkylation sites (tertiary alicyclic amines) is 1. The number of hydrogen-bond donors (Lipinski definition) is 2. The molecule has 1 aliphatic heterocycles. The molecule has 1 saturated heterocycles. The Balaban J connectivity index is 2.62. The van der Waals surface area contributed by atoms with Gasteiger partial charge in [0.25, 0.3) is 0 Å². The number of nitrogens with zero attached hydrogens (tertiary/aromatic N) is 1. The molecule has 3 N–H and O–H groups in total. The first-order valence-electron chi connectivity index (χ1n) is 5.39. The fourth-order valence-corrected chi connectivity index (χ4v) is 2.06. The molecule has 1 heterocycles. The molecule has 0 spiro atoms. The van der Waals surface area contributed by atoms with Crippen molar-refractivity contribution in [1.82, 2.24) is 10.3 Å². The van der Waals surface area contributed by atoms with Gasteiger partial charge in [-0.2, -0.15) is 0 Å². The Morgan fingerprint density at radius 2 is 2.12 bits per heavy atom. The minimum absolute atomic E-state index is 0.105. The summed E-state index contributed by atoms with van der Waals surface area (Å²) in [5, 5.41) is 0. The lowest BCUT2D eigenvalue weighted by Gasteiger charge is -2.25. The maximum absolute atomic E-state index is 11.4. The summed E-state index contributed by atoms with van der Waals surface area (Å²) in [7, 11) is 0. The lowest BCUT2D eigenvalue weighted by molar-refractivity contribution is -0.121. The fourth-order valence-electron chi connectivity index (χ4n) is 2.06. The van der Waals surface area contributed by atoms with E-state index in [0.29, 0.717) is 13.0 Å². The van der Waals surface area contributed by atoms with Crippen molar-refractivity contribution in [1.29, 1.82) is 0 Å². The molecule has 2 unspecified atom stereocenters. The third-order valence-corrected chi connectivity index (χ3v) is 2.83. The van der Waals surface area contributed by atoms with Gasteiger partial charge in [0.2, 0.25) is 0 Å². The van der Waals surface area contributed by atoms with Crippen LogP contribution in [0.4, 0.5) is 4.79 Å². The zero-order valence-electron chi connectivity index (χ0n) is 9.90. The molecule has 6 heteroatoms. The van der Waals surface area contributed by atoms with E-state index in [1.54, 1.807) is 6.92 Å². The molecular formula is C10H19N3O3. The molecule has 1 aliphatic rings. The first kappa shape index (κ1) is 12.9. The van der Waals surface area contributed by atoms with E-state index in [2.05, 4.69) is 0 Å². The van der Waals surface area contributed by atoms with Crippen molar-refractivity contribution in [2.45, 2.75) is 45.4 Å². The molecule has 1 fully saturated rings. The van der Waals surface area contributed by atoms with Gasteiger partial charge in [0, 0.05) is 19.0 Å². The summed E-state index contributed by atoms with van der Waals surface area (Å²) in [4.78, 5) is 24.4. The van der Waals surface area contributed by atoms with Crippen molar-refractivity contribution >= 4 is 11.9 Å². The topological polar surface area (TPSA) is 84.7 Å². The van der Waals surface area contributed by atoms with Crippen LogP contribution < -0.4 is 11.3 Å². The molecule has 0 aromatic heterocycles. The maximum Gasteiger partial charge on any atom is 0.421 e. The van der Waals surface area contributed by atoms with Gasteiger partial charge in [-0.25, -0.2) is 10.6 Å². The summed E-state index contributed by atoms with van der Waals surface area (Å²) < 4.78 is 5.05. The smallest absolute Gasteiger partial charge is 0.421 e. The van der Waals surface area contributed by atoms with E-state index in [-0.39, 0.29) is 24.0 Å². The molecule has 0 aliphatic carbocycles. The van der Waals surface area contributed by atoms with Crippen LogP contribution in [0.5, 0.6) is 0 Å². The zero-order chi connectivity index (χ0) is 12.3. The van der Waals surface area contributed by atoms with E-state index in [4.69, 9.17) is 10.6 Å². The molecule has 92 valence electrons. The van der Waals surface area contributed by atoms with Gasteiger partial charge in [0.05, 0.1) is 6.04 Å². The van der Waals surface area contributed by atoms with Crippen LogP contribution >= 0.6 is 0 Å². The Kier molecular flexibility index (Phi) is 4.26. The van der Waals surface area contributed by atoms with Crippen molar-refractivity contribution < 1.29 is 14.3 Å². The SMILES string of the molecule is CC(=O)C1CC(OC(=O)NN)CN1C(C)C. The number of ketones is 1. The van der Waals surface area contributed by atoms with Gasteiger partial charge in [-0.1, -0.05) is 0 Å². The Morgan fingerprint density at radius 3 is 2.50 bits per heavy atom. The van der Waals surface area contributed by atoms with E-state index >= 15 is 0 Å². The highest BCUT2D eigenvalue weighted by atomic mass is 16.6. The fraction of sp³-hybridized carbons (Fsp3) is 0.800. The lowest BCUT2D eigenvalue weighted by Crippen LogP contribution is -2.40. The second-order valence-corrected chi connectivity index (χ2v) is 4.32. The van der Waals surface area contributed by atoms with Gasteiger partial charge in [0.15, 0.2) is 0 Å². The van der Waals surface area contributed by atoms with Crippen LogP contribution in [-0.2, 0) is 9.53 Å². The van der Waals surface area contributed by atoms with Crippen LogP contribution in [0.1, 0.15) is 27.2 Å². The number of nitrogens with one attached hydrogen (secondary N) is 1. The average Bonchev–Trinajstić information content (AvgIpc) is 2.61. The molecule has 1 rings (SSSR count). The second kappa shape index (κ2) is 5.27. The highest BCUT2D eigenvalue weighted by Gasteiger charge is 2.37. The van der Waals surface area contributed by atoms with Gasteiger partial charge < -0.3 is 4.74 Å². The maximum atomic E-state index is 11.4. The van der Waals surface area contributed by atoms with Crippen LogP contribution in [0.2, 0.25) is 0 Å². The monoisotopic (exact) mass is 229 g/mol. The van der Waals surface area contributed by atoms with Crippen LogP contribution in [0.25, 0.3) is 0 Å². The van der Waals surface area contributed by atoms with Gasteiger partial charge in [-0.15, -0.1) is 0 Å². The number of carbonyl (C=O) groups is 2. The van der Waals surface area contributed by atoms with Gasteiger partial charge in [0.1, 0.15) is 11.9 Å². The van der Waals surface area contributed by atoms with E-state index < -0.39 is 6.09 Å². The molecule has 16 heavy (non-hydrogen) atoms. The Hall–Kier alpha value is -1.14. The summed E-state index contributed by atoms with van der Waals surface area (Å²) >= 11 is 0.